The van der Waals surface area contributed by atoms with Crippen molar-refractivity contribution >= 4 is 0 Å². The Kier molecular flexibility index (Phi) is 3.92. The van der Waals surface area contributed by atoms with E-state index < -0.39 is 0 Å². The molecule has 1 rings (SSSR count). The number of ether oxygens (including phenoxy) is 2. The van der Waals surface area contributed by atoms with Gasteiger partial charge >= 0.3 is 0 Å². The van der Waals surface area contributed by atoms with Gasteiger partial charge in [-0.25, -0.2) is 0 Å². The van der Waals surface area contributed by atoms with Crippen molar-refractivity contribution < 1.29 is 9.47 Å². The normalized spacial score (nSPS) is 14.9. The molecule has 0 amide bonds. The summed E-state index contributed by atoms with van der Waals surface area (Å²) in [5.74, 6) is 0.841. The highest BCUT2D eigenvalue weighted by molar-refractivity contribution is 5.29. The molecule has 2 N–H and O–H groups in total. The largest absolute Gasteiger partial charge is 0.497 e. The van der Waals surface area contributed by atoms with Crippen LogP contribution in [0.5, 0.6) is 5.75 Å². The molecule has 78 valence electrons. The Morgan fingerprint density at radius 1 is 1.14 bits per heavy atom. The third-order valence-corrected chi connectivity index (χ3v) is 2.18. The van der Waals surface area contributed by atoms with E-state index in [1.54, 1.807) is 14.2 Å². The first-order valence-corrected chi connectivity index (χ1v) is 4.61. The van der Waals surface area contributed by atoms with E-state index in [-0.39, 0.29) is 12.1 Å². The first-order valence-electron chi connectivity index (χ1n) is 4.61. The number of methoxy groups -OCH3 is 2. The standard InChI is InChI=1S/C11H17NO2/c1-8(12)11(14-3)9-4-6-10(13-2)7-5-9/h4-8,11H,12H2,1-3H3. The van der Waals surface area contributed by atoms with Crippen LogP contribution < -0.4 is 10.5 Å². The number of rotatable bonds is 4. The molecule has 1 aromatic carbocycles. The van der Waals surface area contributed by atoms with Crippen LogP contribution in [0.4, 0.5) is 0 Å². The molecule has 0 aromatic heterocycles. The van der Waals surface area contributed by atoms with Crippen molar-refractivity contribution in [1.29, 1.82) is 0 Å². The minimum Gasteiger partial charge on any atom is -0.497 e. The van der Waals surface area contributed by atoms with E-state index in [1.165, 1.54) is 0 Å². The van der Waals surface area contributed by atoms with Crippen LogP contribution in [-0.2, 0) is 4.74 Å². The lowest BCUT2D eigenvalue weighted by molar-refractivity contribution is 0.0853. The molecule has 3 nitrogen and oxygen atoms in total. The van der Waals surface area contributed by atoms with E-state index in [0.29, 0.717) is 0 Å². The predicted octanol–water partition coefficient (Wildman–Crippen LogP) is 1.73. The zero-order chi connectivity index (χ0) is 10.6. The summed E-state index contributed by atoms with van der Waals surface area (Å²) < 4.78 is 10.4. The molecule has 14 heavy (non-hydrogen) atoms. The monoisotopic (exact) mass is 195 g/mol. The summed E-state index contributed by atoms with van der Waals surface area (Å²) in [5, 5.41) is 0. The van der Waals surface area contributed by atoms with Crippen LogP contribution in [0.1, 0.15) is 18.6 Å². The van der Waals surface area contributed by atoms with Crippen LogP contribution in [0.3, 0.4) is 0 Å². The highest BCUT2D eigenvalue weighted by Crippen LogP contribution is 2.21. The summed E-state index contributed by atoms with van der Waals surface area (Å²) in [5.41, 5.74) is 6.87. The molecule has 0 aliphatic carbocycles. The third-order valence-electron chi connectivity index (χ3n) is 2.18. The van der Waals surface area contributed by atoms with E-state index >= 15 is 0 Å². The van der Waals surface area contributed by atoms with Gasteiger partial charge in [0.05, 0.1) is 13.2 Å². The lowest BCUT2D eigenvalue weighted by Gasteiger charge is -2.19. The van der Waals surface area contributed by atoms with Crippen LogP contribution in [0.15, 0.2) is 24.3 Å². The second kappa shape index (κ2) is 4.98. The van der Waals surface area contributed by atoms with E-state index in [2.05, 4.69) is 0 Å². The zero-order valence-electron chi connectivity index (χ0n) is 8.86. The quantitative estimate of drug-likeness (QED) is 0.795. The fourth-order valence-corrected chi connectivity index (χ4v) is 1.45. The van der Waals surface area contributed by atoms with Gasteiger partial charge in [0.15, 0.2) is 0 Å². The molecule has 0 saturated carbocycles. The number of hydrogen-bond acceptors (Lipinski definition) is 3. The van der Waals surface area contributed by atoms with Crippen LogP contribution in [-0.4, -0.2) is 20.3 Å². The first-order chi connectivity index (χ1) is 6.69. The Morgan fingerprint density at radius 2 is 1.71 bits per heavy atom. The number of benzene rings is 1. The summed E-state index contributed by atoms with van der Waals surface area (Å²) >= 11 is 0. The third kappa shape index (κ3) is 2.47. The highest BCUT2D eigenvalue weighted by Gasteiger charge is 2.14. The van der Waals surface area contributed by atoms with Crippen molar-refractivity contribution in [2.45, 2.75) is 19.1 Å². The van der Waals surface area contributed by atoms with Crippen LogP contribution in [0, 0.1) is 0 Å². The van der Waals surface area contributed by atoms with E-state index in [4.69, 9.17) is 15.2 Å². The van der Waals surface area contributed by atoms with Gasteiger partial charge in [-0.3, -0.25) is 0 Å². The van der Waals surface area contributed by atoms with Crippen LogP contribution >= 0.6 is 0 Å². The minimum absolute atomic E-state index is 0.0200. The molecular formula is C11H17NO2. The molecule has 0 heterocycles. The second-order valence-corrected chi connectivity index (χ2v) is 3.29. The molecule has 1 aromatic rings. The van der Waals surface area contributed by atoms with Gasteiger partial charge in [0.25, 0.3) is 0 Å². The molecular weight excluding hydrogens is 178 g/mol. The van der Waals surface area contributed by atoms with Gasteiger partial charge < -0.3 is 15.2 Å². The molecule has 0 aliphatic rings. The van der Waals surface area contributed by atoms with Gasteiger partial charge in [-0.05, 0) is 24.6 Å². The van der Waals surface area contributed by atoms with Gasteiger partial charge in [0.1, 0.15) is 5.75 Å². The Bertz CT molecular complexity index is 269. The smallest absolute Gasteiger partial charge is 0.118 e. The molecule has 2 unspecified atom stereocenters. The lowest BCUT2D eigenvalue weighted by atomic mass is 10.0. The van der Waals surface area contributed by atoms with Gasteiger partial charge in [0.2, 0.25) is 0 Å². The average Bonchev–Trinajstić information content (AvgIpc) is 2.19. The highest BCUT2D eigenvalue weighted by atomic mass is 16.5. The van der Waals surface area contributed by atoms with Crippen molar-refractivity contribution in [2.24, 2.45) is 5.73 Å². The molecule has 0 spiro atoms. The summed E-state index contributed by atoms with van der Waals surface area (Å²) in [4.78, 5) is 0. The molecule has 0 radical (unpaired) electrons. The van der Waals surface area contributed by atoms with Crippen molar-refractivity contribution in [1.82, 2.24) is 0 Å². The number of nitrogens with two attached hydrogens (primary N) is 1. The Hall–Kier alpha value is -1.06. The predicted molar refractivity (Wildman–Crippen MR) is 56.4 cm³/mol. The van der Waals surface area contributed by atoms with Gasteiger partial charge in [0, 0.05) is 13.2 Å². The van der Waals surface area contributed by atoms with Gasteiger partial charge in [-0.15, -0.1) is 0 Å². The minimum atomic E-state index is -0.0547. The molecule has 3 heteroatoms. The maximum Gasteiger partial charge on any atom is 0.118 e. The Labute approximate surface area is 84.8 Å². The topological polar surface area (TPSA) is 44.5 Å². The van der Waals surface area contributed by atoms with Gasteiger partial charge in [-0.1, -0.05) is 12.1 Å². The maximum atomic E-state index is 5.79. The van der Waals surface area contributed by atoms with E-state index in [0.717, 1.165) is 11.3 Å². The summed E-state index contributed by atoms with van der Waals surface area (Å²) in [6, 6.07) is 7.73. The second-order valence-electron chi connectivity index (χ2n) is 3.29. The molecule has 0 fully saturated rings. The number of hydrogen-bond donors (Lipinski definition) is 1. The van der Waals surface area contributed by atoms with E-state index in [1.807, 2.05) is 31.2 Å². The van der Waals surface area contributed by atoms with Gasteiger partial charge in [-0.2, -0.15) is 0 Å². The molecule has 0 aliphatic heterocycles. The van der Waals surface area contributed by atoms with Crippen LogP contribution in [0.2, 0.25) is 0 Å². The lowest BCUT2D eigenvalue weighted by Crippen LogP contribution is -2.25. The summed E-state index contributed by atoms with van der Waals surface area (Å²) in [6.45, 7) is 1.93. The van der Waals surface area contributed by atoms with Crippen molar-refractivity contribution in [3.05, 3.63) is 29.8 Å². The average molecular weight is 195 g/mol. The fraction of sp³-hybridized carbons (Fsp3) is 0.455. The van der Waals surface area contributed by atoms with E-state index in [9.17, 15) is 0 Å². The van der Waals surface area contributed by atoms with Crippen LogP contribution in [0.25, 0.3) is 0 Å². The van der Waals surface area contributed by atoms with Crippen molar-refractivity contribution in [3.8, 4) is 5.75 Å². The fourth-order valence-electron chi connectivity index (χ4n) is 1.45. The first kappa shape index (κ1) is 11.0. The zero-order valence-corrected chi connectivity index (χ0v) is 8.86. The molecule has 2 atom stereocenters. The SMILES string of the molecule is COc1ccc(C(OC)C(C)N)cc1. The maximum absolute atomic E-state index is 5.79. The summed E-state index contributed by atoms with van der Waals surface area (Å²) in [6.07, 6.45) is -0.0547. The van der Waals surface area contributed by atoms with Crippen molar-refractivity contribution in [2.75, 3.05) is 14.2 Å². The molecule has 0 saturated heterocycles. The Morgan fingerprint density at radius 3 is 2.07 bits per heavy atom. The Balaban J connectivity index is 2.84. The molecule has 0 bridgehead atoms. The van der Waals surface area contributed by atoms with Crippen molar-refractivity contribution in [3.63, 3.8) is 0 Å². The summed E-state index contributed by atoms with van der Waals surface area (Å²) in [7, 11) is 3.31.